The van der Waals surface area contributed by atoms with Gasteiger partial charge in [-0.3, -0.25) is 19.6 Å². The number of furan rings is 1. The van der Waals surface area contributed by atoms with Crippen molar-refractivity contribution in [3.05, 3.63) is 88.2 Å². The third-order valence-corrected chi connectivity index (χ3v) is 5.52. The molecular formula is C21H18N2O6S. The highest BCUT2D eigenvalue weighted by atomic mass is 32.2. The number of carbonyl (C=O) groups excluding carboxylic acids is 1. The molecule has 0 amide bonds. The Balaban J connectivity index is 1.67. The van der Waals surface area contributed by atoms with Gasteiger partial charge in [0.1, 0.15) is 11.5 Å². The minimum absolute atomic E-state index is 0.00969. The summed E-state index contributed by atoms with van der Waals surface area (Å²) in [6.45, 7) is 1.53. The molecule has 1 N–H and O–H groups in total. The molecule has 1 aromatic heterocycles. The van der Waals surface area contributed by atoms with Gasteiger partial charge in [0.15, 0.2) is 5.78 Å². The Morgan fingerprint density at radius 3 is 2.33 bits per heavy atom. The van der Waals surface area contributed by atoms with E-state index in [1.807, 2.05) is 0 Å². The molecule has 0 saturated carbocycles. The smallest absolute Gasteiger partial charge is 0.269 e. The number of hydrogen-bond acceptors (Lipinski definition) is 6. The van der Waals surface area contributed by atoms with Crippen LogP contribution in [0.4, 0.5) is 11.4 Å². The number of nitro groups is 1. The van der Waals surface area contributed by atoms with Gasteiger partial charge in [-0.2, -0.15) is 0 Å². The average molecular weight is 426 g/mol. The van der Waals surface area contributed by atoms with E-state index in [-0.39, 0.29) is 17.2 Å². The fraction of sp³-hybridized carbons (Fsp3) is 0.0952. The normalized spacial score (nSPS) is 11.5. The standard InChI is InChI=1S/C21H18N2O6S/c1-2-30(27,28)22-17-7-3-15(4-8-17)20(24)13-11-19-12-14-21(29-19)16-5-9-18(10-6-16)23(25)26/h3-14,22H,2H2,1H3. The largest absolute Gasteiger partial charge is 0.457 e. The zero-order chi connectivity index (χ0) is 21.7. The maximum absolute atomic E-state index is 12.3. The Kier molecular flexibility index (Phi) is 6.12. The summed E-state index contributed by atoms with van der Waals surface area (Å²) in [5, 5.41) is 10.7. The molecule has 3 aromatic rings. The maximum atomic E-state index is 12.3. The van der Waals surface area contributed by atoms with Crippen molar-refractivity contribution in [2.45, 2.75) is 6.92 Å². The van der Waals surface area contributed by atoms with Crippen LogP contribution in [0.25, 0.3) is 17.4 Å². The van der Waals surface area contributed by atoms with E-state index in [1.165, 1.54) is 55.5 Å². The van der Waals surface area contributed by atoms with Crippen molar-refractivity contribution < 1.29 is 22.6 Å². The van der Waals surface area contributed by atoms with E-state index >= 15 is 0 Å². The highest BCUT2D eigenvalue weighted by Crippen LogP contribution is 2.25. The quantitative estimate of drug-likeness (QED) is 0.245. The lowest BCUT2D eigenvalue weighted by Gasteiger charge is -2.05. The number of nitro benzene ring substituents is 1. The van der Waals surface area contributed by atoms with Gasteiger partial charge in [-0.15, -0.1) is 0 Å². The minimum Gasteiger partial charge on any atom is -0.457 e. The van der Waals surface area contributed by atoms with Gasteiger partial charge < -0.3 is 4.42 Å². The van der Waals surface area contributed by atoms with E-state index in [1.54, 1.807) is 24.3 Å². The van der Waals surface area contributed by atoms with Crippen molar-refractivity contribution in [1.82, 2.24) is 0 Å². The lowest BCUT2D eigenvalue weighted by molar-refractivity contribution is -0.384. The minimum atomic E-state index is -3.37. The summed E-state index contributed by atoms with van der Waals surface area (Å²) >= 11 is 0. The van der Waals surface area contributed by atoms with Crippen molar-refractivity contribution in [2.75, 3.05) is 10.5 Å². The second kappa shape index (κ2) is 8.75. The Labute approximate surface area is 173 Å². The van der Waals surface area contributed by atoms with Crippen LogP contribution in [0.1, 0.15) is 23.0 Å². The molecule has 0 aliphatic carbocycles. The van der Waals surface area contributed by atoms with E-state index < -0.39 is 14.9 Å². The Morgan fingerprint density at radius 1 is 1.07 bits per heavy atom. The van der Waals surface area contributed by atoms with Crippen molar-refractivity contribution in [2.24, 2.45) is 0 Å². The number of sulfonamides is 1. The predicted molar refractivity (Wildman–Crippen MR) is 114 cm³/mol. The molecule has 0 aliphatic rings. The maximum Gasteiger partial charge on any atom is 0.269 e. The second-order valence-electron chi connectivity index (χ2n) is 6.29. The Morgan fingerprint density at radius 2 is 1.73 bits per heavy atom. The molecule has 3 rings (SSSR count). The number of hydrogen-bond donors (Lipinski definition) is 1. The van der Waals surface area contributed by atoms with Crippen LogP contribution >= 0.6 is 0 Å². The van der Waals surface area contributed by atoms with Crippen molar-refractivity contribution in [3.8, 4) is 11.3 Å². The van der Waals surface area contributed by atoms with Crippen LogP contribution in [0.3, 0.4) is 0 Å². The summed E-state index contributed by atoms with van der Waals surface area (Å²) < 4.78 is 31.2. The number of benzene rings is 2. The molecule has 2 aromatic carbocycles. The van der Waals surface area contributed by atoms with Crippen LogP contribution in [-0.4, -0.2) is 24.9 Å². The first kappa shape index (κ1) is 21.0. The number of allylic oxidation sites excluding steroid dienone is 1. The SMILES string of the molecule is CCS(=O)(=O)Nc1ccc(C(=O)C=Cc2ccc(-c3ccc([N+](=O)[O-])cc3)o2)cc1. The molecular weight excluding hydrogens is 408 g/mol. The first-order chi connectivity index (χ1) is 14.3. The zero-order valence-electron chi connectivity index (χ0n) is 15.9. The molecule has 0 fully saturated rings. The predicted octanol–water partition coefficient (Wildman–Crippen LogP) is 4.51. The van der Waals surface area contributed by atoms with Crippen LogP contribution < -0.4 is 4.72 Å². The molecule has 9 heteroatoms. The molecule has 30 heavy (non-hydrogen) atoms. The molecule has 0 saturated heterocycles. The lowest BCUT2D eigenvalue weighted by Crippen LogP contribution is -2.14. The first-order valence-corrected chi connectivity index (χ1v) is 10.6. The monoisotopic (exact) mass is 426 g/mol. The number of non-ortho nitro benzene ring substituents is 1. The van der Waals surface area contributed by atoms with Gasteiger partial charge in [-0.25, -0.2) is 8.42 Å². The highest BCUT2D eigenvalue weighted by Gasteiger charge is 2.09. The summed E-state index contributed by atoms with van der Waals surface area (Å²) in [6.07, 6.45) is 2.87. The number of rotatable bonds is 8. The summed E-state index contributed by atoms with van der Waals surface area (Å²) in [5.74, 6) is 0.656. The molecule has 154 valence electrons. The molecule has 0 spiro atoms. The van der Waals surface area contributed by atoms with Gasteiger partial charge in [-0.1, -0.05) is 0 Å². The Bertz CT molecular complexity index is 1190. The van der Waals surface area contributed by atoms with E-state index in [0.29, 0.717) is 28.3 Å². The second-order valence-corrected chi connectivity index (χ2v) is 8.30. The molecule has 0 aliphatic heterocycles. The first-order valence-electron chi connectivity index (χ1n) is 8.95. The van der Waals surface area contributed by atoms with E-state index in [9.17, 15) is 23.3 Å². The zero-order valence-corrected chi connectivity index (χ0v) is 16.8. The lowest BCUT2D eigenvalue weighted by atomic mass is 10.1. The third-order valence-electron chi connectivity index (χ3n) is 4.21. The van der Waals surface area contributed by atoms with E-state index in [0.717, 1.165) is 0 Å². The summed E-state index contributed by atoms with van der Waals surface area (Å²) in [5.41, 5.74) is 1.45. The van der Waals surface area contributed by atoms with Crippen molar-refractivity contribution in [3.63, 3.8) is 0 Å². The summed E-state index contributed by atoms with van der Waals surface area (Å²) in [6, 6.07) is 15.5. The fourth-order valence-corrected chi connectivity index (χ4v) is 3.19. The average Bonchev–Trinajstić information content (AvgIpc) is 3.21. The van der Waals surface area contributed by atoms with Gasteiger partial charge >= 0.3 is 0 Å². The van der Waals surface area contributed by atoms with Gasteiger partial charge in [0, 0.05) is 28.9 Å². The van der Waals surface area contributed by atoms with Crippen LogP contribution in [0.15, 0.2) is 71.2 Å². The fourth-order valence-electron chi connectivity index (χ4n) is 2.55. The van der Waals surface area contributed by atoms with Gasteiger partial charge in [0.05, 0.1) is 10.7 Å². The van der Waals surface area contributed by atoms with E-state index in [2.05, 4.69) is 4.72 Å². The number of anilines is 1. The molecule has 8 nitrogen and oxygen atoms in total. The summed E-state index contributed by atoms with van der Waals surface area (Å²) in [7, 11) is -3.37. The van der Waals surface area contributed by atoms with Crippen LogP contribution in [0.2, 0.25) is 0 Å². The van der Waals surface area contributed by atoms with Crippen molar-refractivity contribution >= 4 is 33.3 Å². The third kappa shape index (κ3) is 5.21. The van der Waals surface area contributed by atoms with E-state index in [4.69, 9.17) is 4.42 Å². The van der Waals surface area contributed by atoms with Crippen LogP contribution in [0, 0.1) is 10.1 Å². The molecule has 0 bridgehead atoms. The van der Waals surface area contributed by atoms with Gasteiger partial charge in [0.25, 0.3) is 5.69 Å². The molecule has 0 unspecified atom stereocenters. The number of ketones is 1. The van der Waals surface area contributed by atoms with Gasteiger partial charge in [-0.05, 0) is 67.6 Å². The number of nitrogens with zero attached hydrogens (tertiary/aromatic N) is 1. The van der Waals surface area contributed by atoms with Crippen LogP contribution in [-0.2, 0) is 10.0 Å². The topological polar surface area (TPSA) is 120 Å². The highest BCUT2D eigenvalue weighted by molar-refractivity contribution is 7.92. The summed E-state index contributed by atoms with van der Waals surface area (Å²) in [4.78, 5) is 22.6. The van der Waals surface area contributed by atoms with Crippen molar-refractivity contribution in [1.29, 1.82) is 0 Å². The molecule has 0 atom stereocenters. The van der Waals surface area contributed by atoms with Gasteiger partial charge in [0.2, 0.25) is 10.0 Å². The molecule has 1 heterocycles. The Hall–Kier alpha value is -3.72. The number of carbonyl (C=O) groups is 1. The molecule has 0 radical (unpaired) electrons. The van der Waals surface area contributed by atoms with Crippen LogP contribution in [0.5, 0.6) is 0 Å². The number of nitrogens with one attached hydrogen (secondary N) is 1.